The Hall–Kier alpha value is -0.480. The highest BCUT2D eigenvalue weighted by Gasteiger charge is 2.27. The van der Waals surface area contributed by atoms with Gasteiger partial charge in [0.25, 0.3) is 0 Å². The summed E-state index contributed by atoms with van der Waals surface area (Å²) < 4.78 is 9.78. The summed E-state index contributed by atoms with van der Waals surface area (Å²) in [5.41, 5.74) is 0. The standard InChI is InChI=1S/C3H4N2OS/c4-1-2-3(5-2)7-6/h1-2,4-5H. The highest BCUT2D eigenvalue weighted by molar-refractivity contribution is 7.67. The Bertz CT molecular complexity index is 149. The van der Waals surface area contributed by atoms with Crippen molar-refractivity contribution in [2.75, 3.05) is 0 Å². The van der Waals surface area contributed by atoms with E-state index in [0.717, 1.165) is 0 Å². The molecule has 1 heterocycles. The number of nitrogens with one attached hydrogen (secondary N) is 2. The quantitative estimate of drug-likeness (QED) is 0.261. The van der Waals surface area contributed by atoms with E-state index in [9.17, 15) is 4.21 Å². The monoisotopic (exact) mass is 116 g/mol. The number of hydrogen-bond donors (Lipinski definition) is 2. The second kappa shape index (κ2) is 1.55. The lowest BCUT2D eigenvalue weighted by atomic mass is 10.5. The van der Waals surface area contributed by atoms with Crippen LogP contribution in [0.3, 0.4) is 0 Å². The highest BCUT2D eigenvalue weighted by Crippen LogP contribution is 1.93. The summed E-state index contributed by atoms with van der Waals surface area (Å²) in [5, 5.41) is 9.29. The molecule has 0 aromatic rings. The van der Waals surface area contributed by atoms with Crippen LogP contribution in [0.4, 0.5) is 0 Å². The van der Waals surface area contributed by atoms with Gasteiger partial charge in [-0.1, -0.05) is 0 Å². The molecule has 1 aliphatic heterocycles. The molecule has 1 saturated heterocycles. The van der Waals surface area contributed by atoms with Gasteiger partial charge in [-0.2, -0.15) is 0 Å². The normalized spacial score (nSPS) is 26.9. The molecule has 7 heavy (non-hydrogen) atoms. The van der Waals surface area contributed by atoms with Crippen LogP contribution >= 0.6 is 0 Å². The van der Waals surface area contributed by atoms with Crippen LogP contribution in [0.5, 0.6) is 0 Å². The molecule has 0 radical (unpaired) electrons. The van der Waals surface area contributed by atoms with Crippen LogP contribution in [0, 0.1) is 5.41 Å². The van der Waals surface area contributed by atoms with Gasteiger partial charge in [-0.15, -0.1) is 0 Å². The first-order chi connectivity index (χ1) is 3.38. The van der Waals surface area contributed by atoms with E-state index in [1.807, 2.05) is 0 Å². The van der Waals surface area contributed by atoms with Crippen molar-refractivity contribution in [3.05, 3.63) is 0 Å². The fourth-order valence-electron chi connectivity index (χ4n) is 0.305. The SMILES string of the molecule is N=CC1NC1=S=O. The van der Waals surface area contributed by atoms with Gasteiger partial charge in [0.2, 0.25) is 0 Å². The molecule has 38 valence electrons. The Balaban J connectivity index is 2.61. The van der Waals surface area contributed by atoms with E-state index in [1.54, 1.807) is 0 Å². The number of hydrogen-bond acceptors (Lipinski definition) is 2. The van der Waals surface area contributed by atoms with E-state index >= 15 is 0 Å². The zero-order chi connectivity index (χ0) is 5.28. The Morgan fingerprint density at radius 2 is 2.71 bits per heavy atom. The predicted molar refractivity (Wildman–Crippen MR) is 28.9 cm³/mol. The Morgan fingerprint density at radius 1 is 2.00 bits per heavy atom. The Kier molecular flexibility index (Phi) is 1.04. The first-order valence-electron chi connectivity index (χ1n) is 1.82. The average molecular weight is 116 g/mol. The van der Waals surface area contributed by atoms with Gasteiger partial charge in [-0.05, 0) is 0 Å². The smallest absolute Gasteiger partial charge is 0.110 e. The van der Waals surface area contributed by atoms with E-state index in [2.05, 4.69) is 5.32 Å². The average Bonchev–Trinajstić information content (AvgIpc) is 2.43. The van der Waals surface area contributed by atoms with Crippen LogP contribution in [0.1, 0.15) is 0 Å². The molecular weight excluding hydrogens is 112 g/mol. The van der Waals surface area contributed by atoms with Gasteiger partial charge in [-0.25, -0.2) is 4.21 Å². The summed E-state index contributed by atoms with van der Waals surface area (Å²) in [6, 6.07) is -0.0255. The molecule has 1 unspecified atom stereocenters. The third kappa shape index (κ3) is 0.755. The Morgan fingerprint density at radius 3 is 2.86 bits per heavy atom. The summed E-state index contributed by atoms with van der Waals surface area (Å²) in [5.74, 6) is 0. The van der Waals surface area contributed by atoms with Gasteiger partial charge in [0.15, 0.2) is 0 Å². The molecule has 1 aliphatic rings. The lowest BCUT2D eigenvalue weighted by molar-refractivity contribution is 0.701. The number of rotatable bonds is 1. The van der Waals surface area contributed by atoms with E-state index in [4.69, 9.17) is 5.41 Å². The molecule has 1 atom stereocenters. The minimum Gasteiger partial charge on any atom is -0.311 e. The minimum atomic E-state index is -0.0255. The van der Waals surface area contributed by atoms with Gasteiger partial charge in [0.05, 0.1) is 6.04 Å². The molecule has 0 spiro atoms. The second-order valence-corrected chi connectivity index (χ2v) is 1.84. The van der Waals surface area contributed by atoms with Crippen molar-refractivity contribution in [2.24, 2.45) is 0 Å². The lowest BCUT2D eigenvalue weighted by Crippen LogP contribution is -1.87. The van der Waals surface area contributed by atoms with Crippen LogP contribution in [-0.4, -0.2) is 21.5 Å². The minimum absolute atomic E-state index is 0.0255. The molecule has 3 nitrogen and oxygen atoms in total. The van der Waals surface area contributed by atoms with Gasteiger partial charge < -0.3 is 5.41 Å². The van der Waals surface area contributed by atoms with Crippen LogP contribution in [0.2, 0.25) is 0 Å². The van der Waals surface area contributed by atoms with Crippen molar-refractivity contribution in [3.63, 3.8) is 0 Å². The maximum atomic E-state index is 9.78. The fourth-order valence-corrected chi connectivity index (χ4v) is 0.652. The molecule has 0 bridgehead atoms. The first kappa shape index (κ1) is 4.67. The summed E-state index contributed by atoms with van der Waals surface area (Å²) in [7, 11) is 0. The topological polar surface area (TPSA) is 62.9 Å². The summed E-state index contributed by atoms with van der Waals surface area (Å²) in [6.07, 6.45) is 1.21. The summed E-state index contributed by atoms with van der Waals surface area (Å²) in [4.78, 5) is 0.662. The van der Waals surface area contributed by atoms with Crippen LogP contribution < -0.4 is 5.32 Å². The highest BCUT2D eigenvalue weighted by atomic mass is 32.1. The van der Waals surface area contributed by atoms with Crippen molar-refractivity contribution >= 4 is 22.5 Å². The van der Waals surface area contributed by atoms with Gasteiger partial charge in [-0.3, -0.25) is 5.32 Å². The van der Waals surface area contributed by atoms with Crippen molar-refractivity contribution in [1.29, 1.82) is 5.41 Å². The third-order valence-electron chi connectivity index (χ3n) is 0.753. The maximum absolute atomic E-state index is 9.78. The summed E-state index contributed by atoms with van der Waals surface area (Å²) >= 11 is 0.428. The second-order valence-electron chi connectivity index (χ2n) is 1.24. The predicted octanol–water partition coefficient (Wildman–Crippen LogP) is -1.05. The van der Waals surface area contributed by atoms with E-state index in [0.29, 0.717) is 16.2 Å². The molecule has 0 amide bonds. The van der Waals surface area contributed by atoms with Crippen molar-refractivity contribution < 1.29 is 4.21 Å². The largest absolute Gasteiger partial charge is 0.311 e. The molecule has 0 aliphatic carbocycles. The van der Waals surface area contributed by atoms with Crippen molar-refractivity contribution in [1.82, 2.24) is 5.32 Å². The Labute approximate surface area is 44.3 Å². The van der Waals surface area contributed by atoms with E-state index in [1.165, 1.54) is 6.21 Å². The fraction of sp³-hybridized carbons (Fsp3) is 0.333. The molecule has 2 N–H and O–H groups in total. The van der Waals surface area contributed by atoms with Gasteiger partial charge >= 0.3 is 0 Å². The van der Waals surface area contributed by atoms with Crippen molar-refractivity contribution in [3.8, 4) is 0 Å². The molecule has 0 aromatic carbocycles. The summed E-state index contributed by atoms with van der Waals surface area (Å²) in [6.45, 7) is 0. The zero-order valence-corrected chi connectivity index (χ0v) is 4.29. The third-order valence-corrected chi connectivity index (χ3v) is 1.30. The lowest BCUT2D eigenvalue weighted by Gasteiger charge is -1.59. The van der Waals surface area contributed by atoms with Gasteiger partial charge in [0.1, 0.15) is 16.2 Å². The molecule has 0 saturated carbocycles. The van der Waals surface area contributed by atoms with Crippen LogP contribution in [-0.2, 0) is 11.3 Å². The van der Waals surface area contributed by atoms with E-state index in [-0.39, 0.29) is 6.04 Å². The van der Waals surface area contributed by atoms with Crippen LogP contribution in [0.25, 0.3) is 0 Å². The molecule has 0 aromatic heterocycles. The van der Waals surface area contributed by atoms with E-state index < -0.39 is 0 Å². The van der Waals surface area contributed by atoms with Crippen LogP contribution in [0.15, 0.2) is 0 Å². The molecular formula is C3H4N2OS. The molecule has 1 rings (SSSR count). The molecule has 4 heteroatoms. The van der Waals surface area contributed by atoms with Gasteiger partial charge in [0, 0.05) is 6.21 Å². The molecule has 1 fully saturated rings. The maximum Gasteiger partial charge on any atom is 0.110 e. The zero-order valence-electron chi connectivity index (χ0n) is 3.47. The van der Waals surface area contributed by atoms with Crippen molar-refractivity contribution in [2.45, 2.75) is 6.04 Å². The first-order valence-corrected chi connectivity index (χ1v) is 2.56.